The zero-order valence-electron chi connectivity index (χ0n) is 9.83. The van der Waals surface area contributed by atoms with Crippen molar-refractivity contribution in [1.29, 1.82) is 0 Å². The summed E-state index contributed by atoms with van der Waals surface area (Å²) in [4.78, 5) is 11.2. The maximum atomic E-state index is 11.2. The number of nitrogens with one attached hydrogen (secondary N) is 1. The smallest absolute Gasteiger partial charge is 0.226 e. The van der Waals surface area contributed by atoms with Crippen LogP contribution in [0, 0.1) is 0 Å². The maximum absolute atomic E-state index is 11.2. The monoisotopic (exact) mass is 293 g/mol. The number of thioether (sulfide) groups is 1. The van der Waals surface area contributed by atoms with Crippen molar-refractivity contribution in [3.8, 4) is 5.75 Å². The lowest BCUT2D eigenvalue weighted by Crippen LogP contribution is -2.05. The van der Waals surface area contributed by atoms with Crippen LogP contribution in [0.5, 0.6) is 5.75 Å². The van der Waals surface area contributed by atoms with Crippen molar-refractivity contribution >= 4 is 34.0 Å². The predicted molar refractivity (Wildman–Crippen MR) is 80.6 cm³/mol. The first kappa shape index (κ1) is 13.6. The van der Waals surface area contributed by atoms with Gasteiger partial charge >= 0.3 is 0 Å². The van der Waals surface area contributed by atoms with Gasteiger partial charge in [0.1, 0.15) is 16.3 Å². The molecule has 0 amide bonds. The van der Waals surface area contributed by atoms with Gasteiger partial charge in [-0.15, -0.1) is 0 Å². The minimum Gasteiger partial charge on any atom is -0.502 e. The third kappa shape index (κ3) is 4.11. The summed E-state index contributed by atoms with van der Waals surface area (Å²) >= 11 is 6.52. The summed E-state index contributed by atoms with van der Waals surface area (Å²) < 4.78 is 5.67. The third-order valence-electron chi connectivity index (χ3n) is 2.23. The van der Waals surface area contributed by atoms with Crippen molar-refractivity contribution in [2.24, 2.45) is 0 Å². The van der Waals surface area contributed by atoms with Gasteiger partial charge in [0.25, 0.3) is 0 Å². The Kier molecular flexibility index (Phi) is 4.59. The number of hydrogen-bond donors (Lipinski definition) is 2. The lowest BCUT2D eigenvalue weighted by Gasteiger charge is -2.06. The fourth-order valence-corrected chi connectivity index (χ4v) is 2.24. The van der Waals surface area contributed by atoms with Gasteiger partial charge in [0.05, 0.1) is 5.75 Å². The van der Waals surface area contributed by atoms with E-state index in [4.69, 9.17) is 21.7 Å². The Morgan fingerprint density at radius 3 is 2.79 bits per heavy atom. The summed E-state index contributed by atoms with van der Waals surface area (Å²) in [5, 5.41) is 12.1. The van der Waals surface area contributed by atoms with E-state index in [0.717, 1.165) is 12.0 Å². The molecular weight excluding hydrogens is 282 g/mol. The molecule has 98 valence electrons. The lowest BCUT2D eigenvalue weighted by molar-refractivity contribution is 0.419. The van der Waals surface area contributed by atoms with Crippen LogP contribution in [0.15, 0.2) is 51.9 Å². The van der Waals surface area contributed by atoms with Crippen molar-refractivity contribution in [2.75, 3.05) is 5.32 Å². The minimum absolute atomic E-state index is 0.390. The summed E-state index contributed by atoms with van der Waals surface area (Å²) in [6.45, 7) is 0. The molecular formula is C13H11NO3S2. The highest BCUT2D eigenvalue weighted by Gasteiger charge is 2.04. The molecule has 2 aromatic rings. The Morgan fingerprint density at radius 1 is 1.37 bits per heavy atom. The zero-order valence-corrected chi connectivity index (χ0v) is 11.5. The van der Waals surface area contributed by atoms with E-state index >= 15 is 0 Å². The van der Waals surface area contributed by atoms with Crippen LogP contribution in [0.1, 0.15) is 5.76 Å². The van der Waals surface area contributed by atoms with E-state index < -0.39 is 11.2 Å². The van der Waals surface area contributed by atoms with Crippen LogP contribution in [-0.4, -0.2) is 9.43 Å². The van der Waals surface area contributed by atoms with Gasteiger partial charge in [-0.3, -0.25) is 4.79 Å². The van der Waals surface area contributed by atoms with Gasteiger partial charge in [-0.1, -0.05) is 42.2 Å². The molecule has 6 heteroatoms. The van der Waals surface area contributed by atoms with Crippen molar-refractivity contribution in [3.63, 3.8) is 0 Å². The molecule has 1 aromatic heterocycles. The van der Waals surface area contributed by atoms with E-state index in [9.17, 15) is 4.79 Å². The molecule has 2 N–H and O–H groups in total. The molecule has 0 bridgehead atoms. The number of hydrogen-bond acceptors (Lipinski definition) is 5. The highest BCUT2D eigenvalue weighted by atomic mass is 32.2. The highest BCUT2D eigenvalue weighted by molar-refractivity contribution is 8.22. The normalized spacial score (nSPS) is 10.1. The van der Waals surface area contributed by atoms with E-state index in [2.05, 4.69) is 5.32 Å². The second-order valence-electron chi connectivity index (χ2n) is 3.66. The molecule has 2 rings (SSSR count). The van der Waals surface area contributed by atoms with E-state index in [1.807, 2.05) is 30.3 Å². The molecule has 0 saturated heterocycles. The minimum atomic E-state index is -0.455. The number of aromatic hydroxyl groups is 1. The average Bonchev–Trinajstić information content (AvgIpc) is 2.41. The van der Waals surface area contributed by atoms with Gasteiger partial charge in [0.2, 0.25) is 5.43 Å². The van der Waals surface area contributed by atoms with Gasteiger partial charge in [-0.05, 0) is 12.1 Å². The summed E-state index contributed by atoms with van der Waals surface area (Å²) in [7, 11) is 0. The molecule has 0 atom stereocenters. The molecule has 19 heavy (non-hydrogen) atoms. The summed E-state index contributed by atoms with van der Waals surface area (Å²) in [6.07, 6.45) is 1.03. The van der Waals surface area contributed by atoms with Gasteiger partial charge in [-0.25, -0.2) is 0 Å². The summed E-state index contributed by atoms with van der Waals surface area (Å²) in [5.74, 6) is 0.498. The number of anilines is 1. The molecule has 0 fully saturated rings. The largest absolute Gasteiger partial charge is 0.502 e. The average molecular weight is 293 g/mol. The van der Waals surface area contributed by atoms with Crippen LogP contribution in [-0.2, 0) is 5.75 Å². The van der Waals surface area contributed by atoms with E-state index in [1.165, 1.54) is 17.8 Å². The van der Waals surface area contributed by atoms with Gasteiger partial charge < -0.3 is 14.8 Å². The van der Waals surface area contributed by atoms with Crippen LogP contribution >= 0.6 is 24.0 Å². The summed E-state index contributed by atoms with van der Waals surface area (Å²) in [5.41, 5.74) is 0.455. The van der Waals surface area contributed by atoms with Crippen molar-refractivity contribution in [1.82, 2.24) is 0 Å². The highest BCUT2D eigenvalue weighted by Crippen LogP contribution is 2.16. The van der Waals surface area contributed by atoms with Crippen LogP contribution in [0.4, 0.5) is 5.69 Å². The molecule has 0 aliphatic carbocycles. The fourth-order valence-electron chi connectivity index (χ4n) is 1.33. The quantitative estimate of drug-likeness (QED) is 0.848. The molecule has 0 aliphatic heterocycles. The topological polar surface area (TPSA) is 62.5 Å². The Hall–Kier alpha value is -1.79. The Balaban J connectivity index is 1.90. The number of thiocarbonyl (C=S) groups is 1. The van der Waals surface area contributed by atoms with Crippen LogP contribution in [0.3, 0.4) is 0 Å². The summed E-state index contributed by atoms with van der Waals surface area (Å²) in [6, 6.07) is 10.8. The molecule has 1 aromatic carbocycles. The first-order chi connectivity index (χ1) is 9.15. The number of benzene rings is 1. The Labute approximate surface area is 119 Å². The van der Waals surface area contributed by atoms with Crippen LogP contribution in [0.2, 0.25) is 0 Å². The van der Waals surface area contributed by atoms with Gasteiger partial charge in [-0.2, -0.15) is 0 Å². The second-order valence-corrected chi connectivity index (χ2v) is 5.32. The predicted octanol–water partition coefficient (Wildman–Crippen LogP) is 2.98. The van der Waals surface area contributed by atoms with Gasteiger partial charge in [0.15, 0.2) is 5.75 Å². The SMILES string of the molecule is O=c1cc(CSC(=S)Nc2ccccc2)occ1O. The van der Waals surface area contributed by atoms with E-state index in [-0.39, 0.29) is 0 Å². The van der Waals surface area contributed by atoms with Crippen LogP contribution < -0.4 is 10.7 Å². The van der Waals surface area contributed by atoms with Crippen molar-refractivity contribution in [3.05, 3.63) is 58.6 Å². The second kappa shape index (κ2) is 6.40. The molecule has 4 nitrogen and oxygen atoms in total. The maximum Gasteiger partial charge on any atom is 0.226 e. The van der Waals surface area contributed by atoms with E-state index in [1.54, 1.807) is 0 Å². The van der Waals surface area contributed by atoms with Crippen molar-refractivity contribution < 1.29 is 9.52 Å². The molecule has 1 heterocycles. The van der Waals surface area contributed by atoms with Crippen LogP contribution in [0.25, 0.3) is 0 Å². The standard InChI is InChI=1S/C13H11NO3S2/c15-11-6-10(17-7-12(11)16)8-19-13(18)14-9-4-2-1-3-5-9/h1-7,16H,8H2,(H,14,18). The molecule has 0 saturated carbocycles. The third-order valence-corrected chi connectivity index (χ3v) is 3.48. The molecule has 0 unspecified atom stereocenters. The Bertz CT molecular complexity index is 625. The lowest BCUT2D eigenvalue weighted by atomic mass is 10.3. The van der Waals surface area contributed by atoms with Crippen molar-refractivity contribution in [2.45, 2.75) is 5.75 Å². The first-order valence-electron chi connectivity index (χ1n) is 5.44. The molecule has 0 radical (unpaired) electrons. The van der Waals surface area contributed by atoms with E-state index in [0.29, 0.717) is 15.8 Å². The number of para-hydroxylation sites is 1. The zero-order chi connectivity index (χ0) is 13.7. The Morgan fingerprint density at radius 2 is 2.11 bits per heavy atom. The molecule has 0 aliphatic rings. The number of rotatable bonds is 3. The fraction of sp³-hybridized carbons (Fsp3) is 0.0769. The van der Waals surface area contributed by atoms with Gasteiger partial charge in [0, 0.05) is 11.8 Å². The first-order valence-corrected chi connectivity index (χ1v) is 6.84. The molecule has 0 spiro atoms.